The van der Waals surface area contributed by atoms with Crippen LogP contribution in [0.4, 0.5) is 0 Å². The number of rotatable bonds is 8. The molecule has 0 aliphatic heterocycles. The molecule has 5 heteroatoms. The van der Waals surface area contributed by atoms with Crippen LogP contribution in [0.2, 0.25) is 0 Å². The maximum atomic E-state index is 8.21. The van der Waals surface area contributed by atoms with Gasteiger partial charge in [-0.15, -0.1) is 54.1 Å². The zero-order valence-corrected chi connectivity index (χ0v) is 42.0. The van der Waals surface area contributed by atoms with Gasteiger partial charge in [-0.05, 0) is 103 Å². The molecule has 339 valence electrons. The first-order chi connectivity index (χ1) is 33.3. The fourth-order valence-corrected chi connectivity index (χ4v) is 9.35. The van der Waals surface area contributed by atoms with Gasteiger partial charge in [0.05, 0.1) is 11.4 Å². The molecule has 0 aliphatic carbocycles. The summed E-state index contributed by atoms with van der Waals surface area (Å²) in [5.74, 6) is 1.41. The van der Waals surface area contributed by atoms with Gasteiger partial charge in [-0.1, -0.05) is 169 Å². The van der Waals surface area contributed by atoms with Crippen LogP contribution in [-0.4, -0.2) is 14.5 Å². The fraction of sp³-hybridized carbons (Fsp3) is 0.175. The number of hydrogen-bond donors (Lipinski definition) is 0. The Bertz CT molecular complexity index is 3580. The molecule has 0 N–H and O–H groups in total. The van der Waals surface area contributed by atoms with Crippen molar-refractivity contribution in [1.29, 1.82) is 0 Å². The van der Waals surface area contributed by atoms with Crippen LogP contribution in [-0.2, 0) is 26.5 Å². The van der Waals surface area contributed by atoms with Gasteiger partial charge in [-0.3, -0.25) is 4.98 Å². The van der Waals surface area contributed by atoms with E-state index in [1.807, 2.05) is 69.4 Å². The van der Waals surface area contributed by atoms with Gasteiger partial charge >= 0.3 is 0 Å². The van der Waals surface area contributed by atoms with Gasteiger partial charge in [0.15, 0.2) is 0 Å². The minimum Gasteiger partial charge on any atom is -0.500 e. The van der Waals surface area contributed by atoms with Gasteiger partial charge in [0, 0.05) is 57.9 Å². The SMILES string of the molecule is CC(C)c1cc(-c2ccccc2)cc(C(C)C)c1-n1ccnc1-c1[c-]ccc2c1oc1cc(-c3ccccc3)c3ccc4ccccc4c3c12.[2H]C([2H])(c1ccc(-c2[c-]cccc2)nc1)C(C)(C)C.[Ir]. The average molecular weight is 1060 g/mol. The summed E-state index contributed by atoms with van der Waals surface area (Å²) in [6.07, 6.45) is 4.22. The Kier molecular flexibility index (Phi) is 12.4. The van der Waals surface area contributed by atoms with E-state index >= 15 is 0 Å². The standard InChI is InChI=1S/C47H37N2O.C16H18N.Ir/c1-29(2)39-26-34(31-14-7-5-8-15-31)27-40(30(3)4)45(39)49-25-24-48-47(49)38-21-13-20-37-44-42(50-46(37)38)28-41(32-16-9-6-10-17-32)36-23-22-33-18-11-12-19-35(33)43(36)44;1-16(2,3)11-13-9-10-15(17-12-13)14-7-5-4-6-8-14;/h5-20,22-30H,1-4H3;4-7,9-10,12H,11H2,1-3H3;/q2*-1;/i;11D2;. The molecule has 0 saturated heterocycles. The topological polar surface area (TPSA) is 43.9 Å². The van der Waals surface area contributed by atoms with Crippen molar-refractivity contribution in [2.45, 2.75) is 66.7 Å². The summed E-state index contributed by atoms with van der Waals surface area (Å²) in [4.78, 5) is 9.37. The van der Waals surface area contributed by atoms with Crippen LogP contribution in [0.3, 0.4) is 0 Å². The molecule has 8 aromatic carbocycles. The van der Waals surface area contributed by atoms with E-state index in [1.54, 1.807) is 6.20 Å². The minimum atomic E-state index is -1.40. The molecule has 0 atom stereocenters. The summed E-state index contributed by atoms with van der Waals surface area (Å²) in [5.41, 5.74) is 13.0. The van der Waals surface area contributed by atoms with Crippen molar-refractivity contribution in [2.24, 2.45) is 5.41 Å². The predicted octanol–water partition coefficient (Wildman–Crippen LogP) is 17.3. The quantitative estimate of drug-likeness (QED) is 0.113. The van der Waals surface area contributed by atoms with Gasteiger partial charge in [-0.2, -0.15) is 0 Å². The zero-order valence-electron chi connectivity index (χ0n) is 41.6. The number of hydrogen-bond acceptors (Lipinski definition) is 3. The van der Waals surface area contributed by atoms with E-state index < -0.39 is 11.8 Å². The van der Waals surface area contributed by atoms with Crippen LogP contribution in [0.1, 0.15) is 79.7 Å². The Balaban J connectivity index is 0.000000257. The van der Waals surface area contributed by atoms with Gasteiger partial charge < -0.3 is 14.0 Å². The summed E-state index contributed by atoms with van der Waals surface area (Å²) < 4.78 is 25.7. The van der Waals surface area contributed by atoms with Gasteiger partial charge in [-0.25, -0.2) is 0 Å². The van der Waals surface area contributed by atoms with E-state index in [0.717, 1.165) is 50.1 Å². The van der Waals surface area contributed by atoms with Crippen LogP contribution in [0.15, 0.2) is 187 Å². The molecule has 11 aromatic rings. The third kappa shape index (κ3) is 9.09. The van der Waals surface area contributed by atoms with Crippen LogP contribution < -0.4 is 0 Å². The second-order valence-electron chi connectivity index (χ2n) is 19.0. The molecule has 0 unspecified atom stereocenters. The molecule has 0 bridgehead atoms. The number of aromatic nitrogens is 3. The Labute approximate surface area is 416 Å². The number of imidazole rings is 1. The third-order valence-electron chi connectivity index (χ3n) is 12.4. The number of benzene rings is 8. The fourth-order valence-electron chi connectivity index (χ4n) is 9.35. The normalized spacial score (nSPS) is 12.3. The number of pyridine rings is 1. The minimum absolute atomic E-state index is 0. The van der Waals surface area contributed by atoms with Crippen LogP contribution in [0, 0.1) is 17.5 Å². The Hall–Kier alpha value is -6.91. The van der Waals surface area contributed by atoms with E-state index in [-0.39, 0.29) is 20.1 Å². The van der Waals surface area contributed by atoms with Crippen molar-refractivity contribution in [3.63, 3.8) is 0 Å². The first kappa shape index (κ1) is 43.6. The van der Waals surface area contributed by atoms with E-state index in [9.17, 15) is 0 Å². The first-order valence-electron chi connectivity index (χ1n) is 24.3. The number of nitrogens with zero attached hydrogens (tertiary/aromatic N) is 3. The average Bonchev–Trinajstić information content (AvgIpc) is 4.01. The third-order valence-corrected chi connectivity index (χ3v) is 12.4. The van der Waals surface area contributed by atoms with E-state index in [0.29, 0.717) is 17.4 Å². The Morgan fingerprint density at radius 1 is 0.632 bits per heavy atom. The van der Waals surface area contributed by atoms with Crippen molar-refractivity contribution in [3.05, 3.63) is 211 Å². The maximum Gasteiger partial charge on any atom is 0.122 e. The van der Waals surface area contributed by atoms with E-state index in [4.69, 9.17) is 12.1 Å². The van der Waals surface area contributed by atoms with Crippen molar-refractivity contribution < 1.29 is 27.3 Å². The molecule has 0 aliphatic rings. The van der Waals surface area contributed by atoms with Crippen molar-refractivity contribution in [1.82, 2.24) is 14.5 Å². The second-order valence-corrected chi connectivity index (χ2v) is 19.0. The molecular weight excluding hydrogens is 1010 g/mol. The predicted molar refractivity (Wildman–Crippen MR) is 281 cm³/mol. The van der Waals surface area contributed by atoms with Crippen molar-refractivity contribution in [3.8, 4) is 50.6 Å². The summed E-state index contributed by atoms with van der Waals surface area (Å²) in [5, 5.41) is 7.03. The molecular formula is C63H55IrN3O-2. The number of fused-ring (bicyclic) bond motifs is 7. The van der Waals surface area contributed by atoms with E-state index in [1.165, 1.54) is 55.0 Å². The molecule has 68 heavy (non-hydrogen) atoms. The summed E-state index contributed by atoms with van der Waals surface area (Å²) in [7, 11) is 0. The second kappa shape index (κ2) is 19.4. The Morgan fingerprint density at radius 2 is 1.32 bits per heavy atom. The monoisotopic (exact) mass is 1060 g/mol. The molecule has 0 saturated carbocycles. The summed E-state index contributed by atoms with van der Waals surface area (Å²) >= 11 is 0. The molecule has 3 aromatic heterocycles. The van der Waals surface area contributed by atoms with Crippen molar-refractivity contribution >= 4 is 43.5 Å². The maximum absolute atomic E-state index is 8.21. The first-order valence-corrected chi connectivity index (χ1v) is 23.3. The van der Waals surface area contributed by atoms with Gasteiger partial charge in [0.2, 0.25) is 0 Å². The smallest absolute Gasteiger partial charge is 0.122 e. The van der Waals surface area contributed by atoms with Crippen molar-refractivity contribution in [2.75, 3.05) is 0 Å². The van der Waals surface area contributed by atoms with Gasteiger partial charge in [0.25, 0.3) is 0 Å². The summed E-state index contributed by atoms with van der Waals surface area (Å²) in [6.45, 7) is 14.8. The molecule has 4 nitrogen and oxygen atoms in total. The van der Waals surface area contributed by atoms with Crippen LogP contribution in [0.5, 0.6) is 0 Å². The molecule has 3 heterocycles. The summed E-state index contributed by atoms with van der Waals surface area (Å²) in [6, 6.07) is 63.6. The Morgan fingerprint density at radius 3 is 1.99 bits per heavy atom. The number of furan rings is 1. The van der Waals surface area contributed by atoms with Crippen LogP contribution in [0.25, 0.3) is 94.1 Å². The van der Waals surface area contributed by atoms with Gasteiger partial charge in [0.1, 0.15) is 5.58 Å². The molecule has 0 spiro atoms. The largest absolute Gasteiger partial charge is 0.500 e. The zero-order chi connectivity index (χ0) is 48.0. The molecule has 11 rings (SSSR count). The van der Waals surface area contributed by atoms with Crippen LogP contribution >= 0.6 is 0 Å². The van der Waals surface area contributed by atoms with E-state index in [2.05, 4.69) is 177 Å². The molecule has 0 fully saturated rings. The molecule has 0 amide bonds. The molecule has 1 radical (unpaired) electrons.